The van der Waals surface area contributed by atoms with E-state index in [4.69, 9.17) is 22.8 Å². The molecule has 0 saturated carbocycles. The Bertz CT molecular complexity index is 672. The zero-order valence-corrected chi connectivity index (χ0v) is 24.8. The minimum atomic E-state index is -3.62. The maximum atomic E-state index is 13.8. The standard InChI is InChI=1S/C20H43NO7P2S2/c1-17(2)25-29(22,26-18(3,4)5)32-20(9,10)28-30(23,27-19(6,7)8)31-16-13-21-11-14-24-15-12-21/h17H,11-16H2,1-10H3. The maximum absolute atomic E-state index is 13.8. The van der Waals surface area contributed by atoms with Gasteiger partial charge in [-0.05, 0) is 92.0 Å². The molecular formula is C20H43NO7P2S2. The summed E-state index contributed by atoms with van der Waals surface area (Å²) < 4.78 is 56.2. The van der Waals surface area contributed by atoms with E-state index in [-0.39, 0.29) is 6.10 Å². The molecule has 0 N–H and O–H groups in total. The second kappa shape index (κ2) is 12.2. The molecule has 1 aliphatic rings. The summed E-state index contributed by atoms with van der Waals surface area (Å²) in [6, 6.07) is 0. The molecule has 1 aliphatic heterocycles. The van der Waals surface area contributed by atoms with Gasteiger partial charge in [-0.1, -0.05) is 0 Å². The number of hydrogen-bond acceptors (Lipinski definition) is 10. The molecule has 0 radical (unpaired) electrons. The van der Waals surface area contributed by atoms with E-state index in [0.29, 0.717) is 19.0 Å². The first-order valence-corrected chi connectivity index (χ1v) is 17.1. The van der Waals surface area contributed by atoms with Crippen LogP contribution in [0, 0.1) is 0 Å². The second-order valence-electron chi connectivity index (χ2n) is 10.3. The minimum Gasteiger partial charge on any atom is -0.379 e. The molecule has 2 unspecified atom stereocenters. The van der Waals surface area contributed by atoms with Crippen LogP contribution in [-0.4, -0.2) is 65.7 Å². The van der Waals surface area contributed by atoms with E-state index in [1.807, 2.05) is 41.5 Å². The van der Waals surface area contributed by atoms with Crippen LogP contribution in [0.5, 0.6) is 0 Å². The van der Waals surface area contributed by atoms with E-state index in [0.717, 1.165) is 31.0 Å². The monoisotopic (exact) mass is 535 g/mol. The van der Waals surface area contributed by atoms with Crippen molar-refractivity contribution in [2.45, 2.75) is 91.5 Å². The van der Waals surface area contributed by atoms with Crippen LogP contribution in [0.1, 0.15) is 69.2 Å². The molecule has 0 aromatic heterocycles. The highest BCUT2D eigenvalue weighted by atomic mass is 32.7. The first-order valence-electron chi connectivity index (χ1n) is 11.0. The van der Waals surface area contributed by atoms with Crippen LogP contribution in [0.25, 0.3) is 0 Å². The molecule has 1 fully saturated rings. The van der Waals surface area contributed by atoms with Gasteiger partial charge in [0.05, 0.1) is 30.5 Å². The van der Waals surface area contributed by atoms with Crippen molar-refractivity contribution in [2.24, 2.45) is 0 Å². The van der Waals surface area contributed by atoms with Crippen LogP contribution in [0.3, 0.4) is 0 Å². The predicted octanol–water partition coefficient (Wildman–Crippen LogP) is 6.81. The van der Waals surface area contributed by atoms with Gasteiger partial charge in [0.25, 0.3) is 0 Å². The zero-order valence-electron chi connectivity index (χ0n) is 21.3. The lowest BCUT2D eigenvalue weighted by molar-refractivity contribution is 0.0410. The lowest BCUT2D eigenvalue weighted by Gasteiger charge is -2.36. The summed E-state index contributed by atoms with van der Waals surface area (Å²) in [7, 11) is 0. The fraction of sp³-hybridized carbons (Fsp3) is 1.00. The fourth-order valence-corrected chi connectivity index (χ4v) is 12.9. The van der Waals surface area contributed by atoms with Crippen LogP contribution in [-0.2, 0) is 32.0 Å². The van der Waals surface area contributed by atoms with Gasteiger partial charge in [-0.3, -0.25) is 23.0 Å². The summed E-state index contributed by atoms with van der Waals surface area (Å²) in [5, 5.41) is 0. The third-order valence-electron chi connectivity index (χ3n) is 3.54. The van der Waals surface area contributed by atoms with E-state index >= 15 is 0 Å². The minimum absolute atomic E-state index is 0.313. The molecule has 0 aromatic carbocycles. The number of nitrogens with zero attached hydrogens (tertiary/aromatic N) is 1. The van der Waals surface area contributed by atoms with Gasteiger partial charge in [0, 0.05) is 25.4 Å². The Morgan fingerprint density at radius 3 is 1.84 bits per heavy atom. The van der Waals surface area contributed by atoms with Gasteiger partial charge in [0.15, 0.2) is 0 Å². The fourth-order valence-electron chi connectivity index (χ4n) is 2.72. The van der Waals surface area contributed by atoms with Gasteiger partial charge < -0.3 is 4.74 Å². The summed E-state index contributed by atoms with van der Waals surface area (Å²) in [5.74, 6) is 0.576. The SMILES string of the molecule is CC(C)OP(=O)(OC(C)(C)C)SC(C)(C)OP(=O)(OC(C)(C)C)SCCN1CCOCC1. The van der Waals surface area contributed by atoms with Crippen LogP contribution in [0.15, 0.2) is 0 Å². The van der Waals surface area contributed by atoms with Gasteiger partial charge in [-0.15, -0.1) is 0 Å². The first kappa shape index (κ1) is 31.0. The number of hydrogen-bond donors (Lipinski definition) is 0. The number of rotatable bonds is 12. The van der Waals surface area contributed by atoms with Crippen LogP contribution in [0.2, 0.25) is 0 Å². The van der Waals surface area contributed by atoms with Gasteiger partial charge >= 0.3 is 13.6 Å². The van der Waals surface area contributed by atoms with E-state index in [2.05, 4.69) is 4.90 Å². The average molecular weight is 536 g/mol. The van der Waals surface area contributed by atoms with Crippen molar-refractivity contribution in [1.29, 1.82) is 0 Å². The van der Waals surface area contributed by atoms with Crippen molar-refractivity contribution < 1.29 is 32.0 Å². The van der Waals surface area contributed by atoms with Gasteiger partial charge in [0.2, 0.25) is 0 Å². The Morgan fingerprint density at radius 1 is 0.875 bits per heavy atom. The molecule has 12 heteroatoms. The van der Waals surface area contributed by atoms with Crippen LogP contribution in [0.4, 0.5) is 0 Å². The quantitative estimate of drug-likeness (QED) is 0.196. The lowest BCUT2D eigenvalue weighted by Crippen LogP contribution is -2.37. The summed E-state index contributed by atoms with van der Waals surface area (Å²) in [4.78, 5) is 1.11. The smallest absolute Gasteiger partial charge is 0.379 e. The third kappa shape index (κ3) is 13.7. The Balaban J connectivity index is 2.95. The van der Waals surface area contributed by atoms with Gasteiger partial charge in [-0.25, -0.2) is 9.13 Å². The van der Waals surface area contributed by atoms with Crippen molar-refractivity contribution in [1.82, 2.24) is 4.90 Å². The Kier molecular flexibility index (Phi) is 11.8. The van der Waals surface area contributed by atoms with E-state index in [9.17, 15) is 9.13 Å². The molecule has 1 rings (SSSR count). The molecule has 0 spiro atoms. The Morgan fingerprint density at radius 2 is 1.38 bits per heavy atom. The number of ether oxygens (including phenoxy) is 1. The summed E-state index contributed by atoms with van der Waals surface area (Å²) in [6.07, 6.45) is -0.313. The molecule has 0 amide bonds. The highest BCUT2D eigenvalue weighted by Gasteiger charge is 2.45. The van der Waals surface area contributed by atoms with Gasteiger partial charge in [0.1, 0.15) is 4.93 Å². The molecule has 32 heavy (non-hydrogen) atoms. The van der Waals surface area contributed by atoms with Crippen molar-refractivity contribution in [3.05, 3.63) is 0 Å². The topological polar surface area (TPSA) is 83.5 Å². The molecule has 0 bridgehead atoms. The van der Waals surface area contributed by atoms with Crippen molar-refractivity contribution in [3.8, 4) is 0 Å². The van der Waals surface area contributed by atoms with Crippen molar-refractivity contribution >= 4 is 36.4 Å². The summed E-state index contributed by atoms with van der Waals surface area (Å²) in [6.45, 7) is 14.6. The summed E-state index contributed by atoms with van der Waals surface area (Å²) in [5.41, 5.74) is -1.37. The highest BCUT2D eigenvalue weighted by molar-refractivity contribution is 8.56. The third-order valence-corrected chi connectivity index (χ3v) is 12.4. The average Bonchev–Trinajstić information content (AvgIpc) is 2.48. The normalized spacial score (nSPS) is 20.8. The molecular weight excluding hydrogens is 492 g/mol. The van der Waals surface area contributed by atoms with E-state index < -0.39 is 29.7 Å². The maximum Gasteiger partial charge on any atom is 0.392 e. The molecule has 8 nitrogen and oxygen atoms in total. The lowest BCUT2D eigenvalue weighted by atomic mass is 10.2. The van der Waals surface area contributed by atoms with Gasteiger partial charge in [-0.2, -0.15) is 0 Å². The predicted molar refractivity (Wildman–Crippen MR) is 136 cm³/mol. The van der Waals surface area contributed by atoms with Crippen LogP contribution < -0.4 is 0 Å². The highest BCUT2D eigenvalue weighted by Crippen LogP contribution is 2.72. The molecule has 0 aliphatic carbocycles. The van der Waals surface area contributed by atoms with E-state index in [1.54, 1.807) is 27.7 Å². The molecule has 192 valence electrons. The zero-order chi connectivity index (χ0) is 24.8. The number of morpholine rings is 1. The molecule has 2 atom stereocenters. The summed E-state index contributed by atoms with van der Waals surface area (Å²) >= 11 is 2.08. The van der Waals surface area contributed by atoms with E-state index in [1.165, 1.54) is 11.4 Å². The first-order chi connectivity index (χ1) is 14.3. The Labute approximate surface area is 203 Å². The molecule has 1 heterocycles. The van der Waals surface area contributed by atoms with Crippen molar-refractivity contribution in [2.75, 3.05) is 38.6 Å². The van der Waals surface area contributed by atoms with Crippen LogP contribution >= 0.6 is 36.4 Å². The largest absolute Gasteiger partial charge is 0.392 e. The van der Waals surface area contributed by atoms with Crippen molar-refractivity contribution in [3.63, 3.8) is 0 Å². The molecule has 1 saturated heterocycles. The Hall–Kier alpha value is 0.920. The molecule has 0 aromatic rings. The second-order valence-corrected chi connectivity index (χ2v) is 18.7.